The molecule has 13 heavy (non-hydrogen) atoms. The van der Waals surface area contributed by atoms with Crippen molar-refractivity contribution < 1.29 is 4.79 Å². The average Bonchev–Trinajstić information content (AvgIpc) is 2.15. The van der Waals surface area contributed by atoms with Gasteiger partial charge in [-0.15, -0.1) is 0 Å². The molecule has 0 aliphatic heterocycles. The lowest BCUT2D eigenvalue weighted by atomic mass is 10.0. The first-order chi connectivity index (χ1) is 6.25. The second kappa shape index (κ2) is 4.36. The van der Waals surface area contributed by atoms with E-state index in [-0.39, 0.29) is 12.2 Å². The van der Waals surface area contributed by atoms with Crippen LogP contribution in [0.15, 0.2) is 18.5 Å². The fourth-order valence-corrected chi connectivity index (χ4v) is 1.09. The first kappa shape index (κ1) is 9.40. The molecule has 1 aromatic rings. The molecule has 66 valence electrons. The van der Waals surface area contributed by atoms with Crippen LogP contribution in [0.3, 0.4) is 0 Å². The van der Waals surface area contributed by atoms with Gasteiger partial charge in [0.25, 0.3) is 0 Å². The van der Waals surface area contributed by atoms with Gasteiger partial charge in [-0.05, 0) is 18.6 Å². The van der Waals surface area contributed by atoms with Crippen LogP contribution in [-0.4, -0.2) is 10.8 Å². The van der Waals surface area contributed by atoms with Gasteiger partial charge in [0.15, 0.2) is 5.78 Å². The van der Waals surface area contributed by atoms with E-state index in [0.29, 0.717) is 12.0 Å². The van der Waals surface area contributed by atoms with Crippen molar-refractivity contribution >= 4 is 5.78 Å². The van der Waals surface area contributed by atoms with E-state index in [1.54, 1.807) is 18.5 Å². The third-order valence-electron chi connectivity index (χ3n) is 1.78. The summed E-state index contributed by atoms with van der Waals surface area (Å²) in [5.41, 5.74) is 1.54. The van der Waals surface area contributed by atoms with E-state index in [4.69, 9.17) is 5.26 Å². The van der Waals surface area contributed by atoms with Crippen molar-refractivity contribution in [3.63, 3.8) is 0 Å². The van der Waals surface area contributed by atoms with Gasteiger partial charge in [-0.1, -0.05) is 0 Å². The van der Waals surface area contributed by atoms with Crippen molar-refractivity contribution in [3.05, 3.63) is 29.6 Å². The molecule has 0 aliphatic carbocycles. The lowest BCUT2D eigenvalue weighted by molar-refractivity contribution is 0.0983. The fraction of sp³-hybridized carbons (Fsp3) is 0.300. The van der Waals surface area contributed by atoms with E-state index in [2.05, 4.69) is 4.98 Å². The van der Waals surface area contributed by atoms with Gasteiger partial charge >= 0.3 is 0 Å². The minimum absolute atomic E-state index is 0.0152. The first-order valence-electron chi connectivity index (χ1n) is 4.06. The van der Waals surface area contributed by atoms with Gasteiger partial charge in [0.1, 0.15) is 0 Å². The van der Waals surface area contributed by atoms with Gasteiger partial charge in [0, 0.05) is 30.8 Å². The number of hydrogen-bond acceptors (Lipinski definition) is 3. The van der Waals surface area contributed by atoms with Crippen molar-refractivity contribution in [1.82, 2.24) is 4.98 Å². The molecular formula is C10H10N2O. The third-order valence-corrected chi connectivity index (χ3v) is 1.78. The normalized spacial score (nSPS) is 9.23. The van der Waals surface area contributed by atoms with E-state index in [1.165, 1.54) is 0 Å². The van der Waals surface area contributed by atoms with Gasteiger partial charge in [-0.2, -0.15) is 5.26 Å². The Balaban J connectivity index is 2.78. The zero-order valence-corrected chi connectivity index (χ0v) is 7.45. The van der Waals surface area contributed by atoms with E-state index in [9.17, 15) is 4.79 Å². The molecule has 0 aromatic carbocycles. The summed E-state index contributed by atoms with van der Waals surface area (Å²) in [6.45, 7) is 1.84. The van der Waals surface area contributed by atoms with Crippen LogP contribution in [0.25, 0.3) is 0 Å². The minimum atomic E-state index is 0.0152. The molecule has 0 saturated carbocycles. The van der Waals surface area contributed by atoms with E-state index >= 15 is 0 Å². The number of rotatable bonds is 3. The number of carbonyl (C=O) groups excluding carboxylic acids is 1. The standard InChI is InChI=1S/C10H10N2O/c1-8-7-12-6-4-9(8)10(13)3-2-5-11/h4,6-7H,2-3H2,1H3. The maximum atomic E-state index is 11.4. The molecule has 0 radical (unpaired) electrons. The number of aromatic nitrogens is 1. The lowest BCUT2D eigenvalue weighted by Gasteiger charge is -2.00. The number of hydrogen-bond donors (Lipinski definition) is 0. The molecule has 1 rings (SSSR count). The number of ketones is 1. The van der Waals surface area contributed by atoms with Crippen molar-refractivity contribution in [1.29, 1.82) is 5.26 Å². The quantitative estimate of drug-likeness (QED) is 0.657. The summed E-state index contributed by atoms with van der Waals surface area (Å²) in [5.74, 6) is 0.0152. The fourth-order valence-electron chi connectivity index (χ4n) is 1.09. The van der Waals surface area contributed by atoms with Crippen LogP contribution >= 0.6 is 0 Å². The number of nitrogens with zero attached hydrogens (tertiary/aromatic N) is 2. The molecule has 0 amide bonds. The van der Waals surface area contributed by atoms with Gasteiger partial charge in [0.2, 0.25) is 0 Å². The highest BCUT2D eigenvalue weighted by Crippen LogP contribution is 2.08. The number of nitriles is 1. The SMILES string of the molecule is Cc1cnccc1C(=O)CCC#N. The van der Waals surface area contributed by atoms with Crippen LogP contribution in [0.1, 0.15) is 28.8 Å². The van der Waals surface area contributed by atoms with E-state index in [1.807, 2.05) is 13.0 Å². The first-order valence-corrected chi connectivity index (χ1v) is 4.06. The lowest BCUT2D eigenvalue weighted by Crippen LogP contribution is -2.01. The Morgan fingerprint density at radius 2 is 2.46 bits per heavy atom. The Morgan fingerprint density at radius 1 is 1.69 bits per heavy atom. The summed E-state index contributed by atoms with van der Waals surface area (Å²) < 4.78 is 0. The highest BCUT2D eigenvalue weighted by molar-refractivity contribution is 5.97. The van der Waals surface area contributed by atoms with Crippen LogP contribution in [0.2, 0.25) is 0 Å². The smallest absolute Gasteiger partial charge is 0.164 e. The summed E-state index contributed by atoms with van der Waals surface area (Å²) in [6.07, 6.45) is 3.81. The molecule has 0 bridgehead atoms. The zero-order valence-electron chi connectivity index (χ0n) is 7.45. The molecule has 1 aromatic heterocycles. The maximum Gasteiger partial charge on any atom is 0.164 e. The average molecular weight is 174 g/mol. The van der Waals surface area contributed by atoms with Crippen LogP contribution in [0, 0.1) is 18.3 Å². The second-order valence-electron chi connectivity index (χ2n) is 2.77. The Hall–Kier alpha value is -1.69. The molecule has 0 spiro atoms. The van der Waals surface area contributed by atoms with Crippen LogP contribution < -0.4 is 0 Å². The molecule has 0 aliphatic rings. The van der Waals surface area contributed by atoms with E-state index in [0.717, 1.165) is 5.56 Å². The van der Waals surface area contributed by atoms with Crippen molar-refractivity contribution in [2.24, 2.45) is 0 Å². The topological polar surface area (TPSA) is 53.8 Å². The number of aryl methyl sites for hydroxylation is 1. The molecule has 1 heterocycles. The summed E-state index contributed by atoms with van der Waals surface area (Å²) in [4.78, 5) is 15.3. The number of carbonyl (C=O) groups is 1. The molecule has 3 nitrogen and oxygen atoms in total. The summed E-state index contributed by atoms with van der Waals surface area (Å²) >= 11 is 0. The Kier molecular flexibility index (Phi) is 3.15. The summed E-state index contributed by atoms with van der Waals surface area (Å²) in [5, 5.41) is 8.32. The molecule has 0 unspecified atom stereocenters. The van der Waals surface area contributed by atoms with Crippen LogP contribution in [0.4, 0.5) is 0 Å². The van der Waals surface area contributed by atoms with Gasteiger partial charge in [-0.25, -0.2) is 0 Å². The number of pyridine rings is 1. The van der Waals surface area contributed by atoms with Gasteiger partial charge in [-0.3, -0.25) is 9.78 Å². The predicted molar refractivity (Wildman–Crippen MR) is 48.2 cm³/mol. The molecule has 0 fully saturated rings. The summed E-state index contributed by atoms with van der Waals surface area (Å²) in [6, 6.07) is 3.64. The maximum absolute atomic E-state index is 11.4. The molecule has 3 heteroatoms. The predicted octanol–water partition coefficient (Wildman–Crippen LogP) is 1.88. The molecule has 0 N–H and O–H groups in total. The van der Waals surface area contributed by atoms with Crippen LogP contribution in [-0.2, 0) is 0 Å². The van der Waals surface area contributed by atoms with Crippen molar-refractivity contribution in [2.45, 2.75) is 19.8 Å². The highest BCUT2D eigenvalue weighted by atomic mass is 16.1. The second-order valence-corrected chi connectivity index (χ2v) is 2.77. The van der Waals surface area contributed by atoms with Crippen molar-refractivity contribution in [3.8, 4) is 6.07 Å². The molecular weight excluding hydrogens is 164 g/mol. The molecule has 0 atom stereocenters. The largest absolute Gasteiger partial charge is 0.294 e. The molecule has 0 saturated heterocycles. The van der Waals surface area contributed by atoms with Gasteiger partial charge < -0.3 is 0 Å². The van der Waals surface area contributed by atoms with Crippen LogP contribution in [0.5, 0.6) is 0 Å². The zero-order chi connectivity index (χ0) is 9.68. The van der Waals surface area contributed by atoms with E-state index < -0.39 is 0 Å². The Labute approximate surface area is 77.0 Å². The Morgan fingerprint density at radius 3 is 3.08 bits per heavy atom. The summed E-state index contributed by atoms with van der Waals surface area (Å²) in [7, 11) is 0. The number of Topliss-reactive ketones (excluding diaryl/α,β-unsaturated/α-hetero) is 1. The van der Waals surface area contributed by atoms with Crippen molar-refractivity contribution in [2.75, 3.05) is 0 Å². The van der Waals surface area contributed by atoms with Gasteiger partial charge in [0.05, 0.1) is 6.07 Å². The monoisotopic (exact) mass is 174 g/mol. The highest BCUT2D eigenvalue weighted by Gasteiger charge is 2.07. The minimum Gasteiger partial charge on any atom is -0.294 e. The Bertz CT molecular complexity index is 352. The third kappa shape index (κ3) is 2.38.